The fourth-order valence-electron chi connectivity index (χ4n) is 4.92. The molecule has 6 heteroatoms. The fourth-order valence-corrected chi connectivity index (χ4v) is 4.92. The molecule has 4 rings (SSSR count). The molecule has 2 aliphatic rings. The molecule has 1 atom stereocenters. The van der Waals surface area contributed by atoms with Crippen molar-refractivity contribution in [3.8, 4) is 11.5 Å². The van der Waals surface area contributed by atoms with Crippen molar-refractivity contribution in [3.05, 3.63) is 59.7 Å². The van der Waals surface area contributed by atoms with Crippen molar-refractivity contribution in [2.75, 3.05) is 33.3 Å². The van der Waals surface area contributed by atoms with E-state index in [1.807, 2.05) is 6.07 Å². The Morgan fingerprint density at radius 1 is 0.935 bits per heavy atom. The molecule has 1 saturated carbocycles. The predicted octanol–water partition coefficient (Wildman–Crippen LogP) is 5.64. The van der Waals surface area contributed by atoms with E-state index in [9.17, 15) is 0 Å². The second-order valence-corrected chi connectivity index (χ2v) is 8.31. The van der Waals surface area contributed by atoms with Crippen LogP contribution in [0.4, 0.5) is 0 Å². The molecule has 0 spiro atoms. The number of benzene rings is 2. The van der Waals surface area contributed by atoms with Gasteiger partial charge in [0.1, 0.15) is 6.61 Å². The van der Waals surface area contributed by atoms with E-state index in [1.54, 1.807) is 7.11 Å². The zero-order valence-corrected chi connectivity index (χ0v) is 20.1. The Labute approximate surface area is 199 Å². The highest BCUT2D eigenvalue weighted by molar-refractivity contribution is 5.85. The summed E-state index contributed by atoms with van der Waals surface area (Å²) in [6.45, 7) is 4.96. The second-order valence-electron chi connectivity index (χ2n) is 8.31. The quantitative estimate of drug-likeness (QED) is 0.571. The highest BCUT2D eigenvalue weighted by Crippen LogP contribution is 2.41. The summed E-state index contributed by atoms with van der Waals surface area (Å²) in [4.78, 5) is 2.69. The van der Waals surface area contributed by atoms with Gasteiger partial charge in [0.15, 0.2) is 11.5 Å². The van der Waals surface area contributed by atoms with Crippen molar-refractivity contribution < 1.29 is 9.47 Å². The van der Waals surface area contributed by atoms with E-state index in [4.69, 9.17) is 9.47 Å². The van der Waals surface area contributed by atoms with Crippen LogP contribution >= 0.6 is 24.8 Å². The molecule has 1 aliphatic heterocycles. The molecule has 1 N–H and O–H groups in total. The Kier molecular flexibility index (Phi) is 11.0. The Hall–Kier alpha value is -1.46. The lowest BCUT2D eigenvalue weighted by Gasteiger charge is -2.41. The summed E-state index contributed by atoms with van der Waals surface area (Å²) in [5, 5.41) is 3.51. The van der Waals surface area contributed by atoms with Crippen LogP contribution in [0.15, 0.2) is 48.5 Å². The van der Waals surface area contributed by atoms with Crippen LogP contribution < -0.4 is 14.8 Å². The number of hydrogen-bond donors (Lipinski definition) is 1. The van der Waals surface area contributed by atoms with E-state index >= 15 is 0 Å². The van der Waals surface area contributed by atoms with Crippen LogP contribution in [0.5, 0.6) is 11.5 Å². The van der Waals surface area contributed by atoms with E-state index in [-0.39, 0.29) is 24.8 Å². The minimum atomic E-state index is 0. The summed E-state index contributed by atoms with van der Waals surface area (Å²) in [6.07, 6.45) is 6.78. The first-order valence-electron chi connectivity index (χ1n) is 11.1. The maximum atomic E-state index is 6.22. The van der Waals surface area contributed by atoms with Crippen LogP contribution in [0.2, 0.25) is 0 Å². The number of piperazine rings is 1. The molecule has 0 amide bonds. The zero-order valence-electron chi connectivity index (χ0n) is 18.4. The van der Waals surface area contributed by atoms with Gasteiger partial charge < -0.3 is 14.8 Å². The zero-order chi connectivity index (χ0) is 19.9. The van der Waals surface area contributed by atoms with Gasteiger partial charge in [0.05, 0.1) is 7.11 Å². The van der Waals surface area contributed by atoms with Crippen LogP contribution in [-0.4, -0.2) is 38.2 Å². The summed E-state index contributed by atoms with van der Waals surface area (Å²) in [6, 6.07) is 17.4. The first-order valence-corrected chi connectivity index (χ1v) is 11.1. The summed E-state index contributed by atoms with van der Waals surface area (Å²) in [5.41, 5.74) is 2.55. The van der Waals surface area contributed by atoms with Crippen molar-refractivity contribution in [1.82, 2.24) is 10.2 Å². The second kappa shape index (κ2) is 13.2. The molecule has 1 saturated heterocycles. The number of hydrogen-bond acceptors (Lipinski definition) is 4. The van der Waals surface area contributed by atoms with Crippen LogP contribution in [0.25, 0.3) is 0 Å². The average molecular weight is 467 g/mol. The highest BCUT2D eigenvalue weighted by atomic mass is 35.5. The van der Waals surface area contributed by atoms with Gasteiger partial charge in [0.25, 0.3) is 0 Å². The molecule has 0 unspecified atom stereocenters. The van der Waals surface area contributed by atoms with Crippen LogP contribution in [0.3, 0.4) is 0 Å². The number of rotatable bonds is 7. The topological polar surface area (TPSA) is 33.7 Å². The van der Waals surface area contributed by atoms with Crippen molar-refractivity contribution in [2.45, 2.75) is 44.8 Å². The molecule has 0 aromatic heterocycles. The third-order valence-electron chi connectivity index (χ3n) is 6.41. The summed E-state index contributed by atoms with van der Waals surface area (Å²) >= 11 is 0. The average Bonchev–Trinajstić information content (AvgIpc) is 2.80. The van der Waals surface area contributed by atoms with Gasteiger partial charge in [-0.05, 0) is 42.0 Å². The van der Waals surface area contributed by atoms with E-state index in [1.165, 1.54) is 43.2 Å². The van der Waals surface area contributed by atoms with Crippen molar-refractivity contribution in [3.63, 3.8) is 0 Å². The van der Waals surface area contributed by atoms with Crippen LogP contribution in [-0.2, 0) is 6.61 Å². The van der Waals surface area contributed by atoms with Gasteiger partial charge in [-0.25, -0.2) is 0 Å². The normalized spacial score (nSPS) is 18.4. The smallest absolute Gasteiger partial charge is 0.161 e. The molecule has 2 aromatic rings. The summed E-state index contributed by atoms with van der Waals surface area (Å²) < 4.78 is 11.8. The monoisotopic (exact) mass is 466 g/mol. The molecule has 2 aromatic carbocycles. The van der Waals surface area contributed by atoms with Gasteiger partial charge in [-0.1, -0.05) is 55.7 Å². The molecule has 0 bridgehead atoms. The van der Waals surface area contributed by atoms with Crippen molar-refractivity contribution in [1.29, 1.82) is 0 Å². The number of ether oxygens (including phenoxy) is 2. The minimum absolute atomic E-state index is 0. The summed E-state index contributed by atoms with van der Waals surface area (Å²) in [7, 11) is 1.72. The maximum Gasteiger partial charge on any atom is 0.161 e. The lowest BCUT2D eigenvalue weighted by molar-refractivity contribution is 0.103. The van der Waals surface area contributed by atoms with Gasteiger partial charge in [-0.2, -0.15) is 0 Å². The number of nitrogens with one attached hydrogen (secondary N) is 1. The van der Waals surface area contributed by atoms with Gasteiger partial charge >= 0.3 is 0 Å². The Balaban J connectivity index is 0.00000171. The van der Waals surface area contributed by atoms with Gasteiger partial charge in [-0.15, -0.1) is 24.8 Å². The lowest BCUT2D eigenvalue weighted by Crippen LogP contribution is -2.47. The first kappa shape index (κ1) is 25.8. The largest absolute Gasteiger partial charge is 0.493 e. The molecule has 1 aliphatic carbocycles. The minimum Gasteiger partial charge on any atom is -0.493 e. The van der Waals surface area contributed by atoms with Crippen molar-refractivity contribution in [2.24, 2.45) is 5.92 Å². The molecule has 172 valence electrons. The Bertz CT molecular complexity index is 745. The van der Waals surface area contributed by atoms with E-state index < -0.39 is 0 Å². The van der Waals surface area contributed by atoms with Crippen molar-refractivity contribution >= 4 is 24.8 Å². The van der Waals surface area contributed by atoms with Crippen LogP contribution in [0.1, 0.15) is 49.3 Å². The molecule has 1 heterocycles. The number of nitrogens with zero attached hydrogens (tertiary/aromatic N) is 1. The fraction of sp³-hybridized carbons (Fsp3) is 0.520. The predicted molar refractivity (Wildman–Crippen MR) is 132 cm³/mol. The SMILES string of the molecule is COc1ccc([C@@H](C2CCCCC2)N2CCNCC2)cc1OCc1ccccc1.Cl.Cl. The van der Waals surface area contributed by atoms with Gasteiger partial charge in [0, 0.05) is 32.2 Å². The van der Waals surface area contributed by atoms with E-state index in [2.05, 4.69) is 52.7 Å². The third-order valence-corrected chi connectivity index (χ3v) is 6.41. The number of methoxy groups -OCH3 is 1. The first-order chi connectivity index (χ1) is 14.3. The lowest BCUT2D eigenvalue weighted by atomic mass is 9.80. The Morgan fingerprint density at radius 2 is 1.65 bits per heavy atom. The number of halogens is 2. The van der Waals surface area contributed by atoms with E-state index in [0.717, 1.165) is 43.6 Å². The van der Waals surface area contributed by atoms with Crippen LogP contribution in [0, 0.1) is 5.92 Å². The summed E-state index contributed by atoms with van der Waals surface area (Å²) in [5.74, 6) is 2.40. The van der Waals surface area contributed by atoms with E-state index in [0.29, 0.717) is 12.6 Å². The molecular formula is C25H36Cl2N2O2. The molecular weight excluding hydrogens is 431 g/mol. The van der Waals surface area contributed by atoms with Gasteiger partial charge in [0.2, 0.25) is 0 Å². The van der Waals surface area contributed by atoms with Gasteiger partial charge in [-0.3, -0.25) is 4.90 Å². The molecule has 31 heavy (non-hydrogen) atoms. The Morgan fingerprint density at radius 3 is 2.32 bits per heavy atom. The molecule has 4 nitrogen and oxygen atoms in total. The molecule has 2 fully saturated rings. The molecule has 0 radical (unpaired) electrons. The highest BCUT2D eigenvalue weighted by Gasteiger charge is 2.31. The standard InChI is InChI=1S/C25H34N2O2.2ClH/c1-28-23-13-12-22(18-24(23)29-19-20-8-4-2-5-9-20)25(21-10-6-3-7-11-21)27-16-14-26-15-17-27;;/h2,4-5,8-9,12-13,18,21,25-26H,3,6-7,10-11,14-17,19H2,1H3;2*1H/t25-;;/m1../s1. The maximum absolute atomic E-state index is 6.22. The third kappa shape index (κ3) is 6.76.